The van der Waals surface area contributed by atoms with Crippen molar-refractivity contribution in [2.45, 2.75) is 20.3 Å². The molecule has 1 aliphatic heterocycles. The minimum Gasteiger partial charge on any atom is -0.493 e. The van der Waals surface area contributed by atoms with E-state index in [1.807, 2.05) is 47.1 Å². The van der Waals surface area contributed by atoms with Crippen molar-refractivity contribution in [2.75, 3.05) is 40.4 Å². The normalized spacial score (nSPS) is 16.1. The highest BCUT2D eigenvalue weighted by molar-refractivity contribution is 5.95. The number of nitrogens with zero attached hydrogens (tertiary/aromatic N) is 2. The zero-order chi connectivity index (χ0) is 23.1. The number of rotatable bonds is 8. The first-order chi connectivity index (χ1) is 15.4. The lowest BCUT2D eigenvalue weighted by Crippen LogP contribution is -2.38. The fraction of sp³-hybridized carbons (Fsp3) is 0.385. The minimum atomic E-state index is -0.0620. The third-order valence-corrected chi connectivity index (χ3v) is 5.78. The van der Waals surface area contributed by atoms with E-state index in [4.69, 9.17) is 9.47 Å². The van der Waals surface area contributed by atoms with Crippen LogP contribution in [0.5, 0.6) is 11.5 Å². The van der Waals surface area contributed by atoms with Gasteiger partial charge in [-0.05, 0) is 43.0 Å². The van der Waals surface area contributed by atoms with Crippen LogP contribution in [0.3, 0.4) is 0 Å². The first-order valence-electron chi connectivity index (χ1n) is 10.9. The number of amides is 2. The Morgan fingerprint density at radius 1 is 1.06 bits per heavy atom. The van der Waals surface area contributed by atoms with Crippen LogP contribution in [0, 0.1) is 5.92 Å². The summed E-state index contributed by atoms with van der Waals surface area (Å²) in [4.78, 5) is 29.0. The predicted molar refractivity (Wildman–Crippen MR) is 126 cm³/mol. The Morgan fingerprint density at radius 3 is 2.41 bits per heavy atom. The van der Waals surface area contributed by atoms with Gasteiger partial charge in [-0.1, -0.05) is 42.0 Å². The van der Waals surface area contributed by atoms with Crippen molar-refractivity contribution in [3.63, 3.8) is 0 Å². The molecule has 0 saturated carbocycles. The van der Waals surface area contributed by atoms with Crippen molar-refractivity contribution < 1.29 is 19.1 Å². The van der Waals surface area contributed by atoms with E-state index < -0.39 is 0 Å². The summed E-state index contributed by atoms with van der Waals surface area (Å²) in [5.74, 6) is 1.40. The Labute approximate surface area is 190 Å². The zero-order valence-corrected chi connectivity index (χ0v) is 19.3. The smallest absolute Gasteiger partial charge is 0.254 e. The standard InChI is InChI=1S/C26H32N2O4/c1-19(14-21-8-6-5-7-9-21)16-28(18-22-12-13-27(17-22)20(2)29)26(30)23-10-11-24(31-3)25(15-23)32-4/h5-11,14-15,22H,12-13,16-18H2,1-4H3/b19-14+. The molecular formula is C26H32N2O4. The van der Waals surface area contributed by atoms with Gasteiger partial charge in [0, 0.05) is 38.7 Å². The van der Waals surface area contributed by atoms with Crippen molar-refractivity contribution >= 4 is 17.9 Å². The molecule has 170 valence electrons. The lowest BCUT2D eigenvalue weighted by molar-refractivity contribution is -0.127. The fourth-order valence-electron chi connectivity index (χ4n) is 4.13. The maximum Gasteiger partial charge on any atom is 0.254 e. The first-order valence-corrected chi connectivity index (χ1v) is 10.9. The quantitative estimate of drug-likeness (QED) is 0.625. The Balaban J connectivity index is 1.83. The van der Waals surface area contributed by atoms with Gasteiger partial charge in [-0.15, -0.1) is 0 Å². The maximum atomic E-state index is 13.5. The lowest BCUT2D eigenvalue weighted by atomic mass is 10.1. The molecule has 1 unspecified atom stereocenters. The van der Waals surface area contributed by atoms with Gasteiger partial charge < -0.3 is 19.3 Å². The minimum absolute atomic E-state index is 0.0620. The summed E-state index contributed by atoms with van der Waals surface area (Å²) in [5.41, 5.74) is 2.75. The molecule has 0 aromatic heterocycles. The van der Waals surface area contributed by atoms with Crippen LogP contribution in [-0.4, -0.2) is 62.0 Å². The number of hydrogen-bond donors (Lipinski definition) is 0. The SMILES string of the molecule is COc1ccc(C(=O)N(C/C(C)=C/c2ccccc2)CC2CCN(C(C)=O)C2)cc1OC. The molecule has 3 rings (SSSR count). The molecule has 1 heterocycles. The van der Waals surface area contributed by atoms with Crippen LogP contribution in [-0.2, 0) is 4.79 Å². The van der Waals surface area contributed by atoms with E-state index in [0.29, 0.717) is 36.7 Å². The largest absolute Gasteiger partial charge is 0.493 e. The Hall–Kier alpha value is -3.28. The number of hydrogen-bond acceptors (Lipinski definition) is 4. The second-order valence-electron chi connectivity index (χ2n) is 8.28. The average molecular weight is 437 g/mol. The molecule has 0 radical (unpaired) electrons. The highest BCUT2D eigenvalue weighted by Gasteiger charge is 2.28. The van der Waals surface area contributed by atoms with Crippen molar-refractivity contribution in [1.82, 2.24) is 9.80 Å². The molecule has 0 aliphatic carbocycles. The second-order valence-corrected chi connectivity index (χ2v) is 8.28. The maximum absolute atomic E-state index is 13.5. The first kappa shape index (κ1) is 23.4. The van der Waals surface area contributed by atoms with E-state index in [0.717, 1.165) is 24.1 Å². The highest BCUT2D eigenvalue weighted by atomic mass is 16.5. The Kier molecular flexibility index (Phi) is 7.92. The summed E-state index contributed by atoms with van der Waals surface area (Å²) in [6.07, 6.45) is 3.00. The zero-order valence-electron chi connectivity index (χ0n) is 19.3. The number of carbonyl (C=O) groups is 2. The van der Waals surface area contributed by atoms with Crippen LogP contribution in [0.15, 0.2) is 54.1 Å². The van der Waals surface area contributed by atoms with Crippen molar-refractivity contribution in [2.24, 2.45) is 5.92 Å². The van der Waals surface area contributed by atoms with Gasteiger partial charge in [-0.2, -0.15) is 0 Å². The summed E-state index contributed by atoms with van der Waals surface area (Å²) in [7, 11) is 3.13. The van der Waals surface area contributed by atoms with Gasteiger partial charge in [-0.3, -0.25) is 9.59 Å². The summed E-state index contributed by atoms with van der Waals surface area (Å²) in [5, 5.41) is 0. The summed E-state index contributed by atoms with van der Waals surface area (Å²) in [6.45, 7) is 6.18. The fourth-order valence-corrected chi connectivity index (χ4v) is 4.13. The molecule has 1 fully saturated rings. The molecular weight excluding hydrogens is 404 g/mol. The van der Waals surface area contributed by atoms with Crippen LogP contribution >= 0.6 is 0 Å². The molecule has 2 aromatic carbocycles. The van der Waals surface area contributed by atoms with Gasteiger partial charge in [0.05, 0.1) is 14.2 Å². The predicted octanol–water partition coefficient (Wildman–Crippen LogP) is 4.12. The molecule has 0 spiro atoms. The van der Waals surface area contributed by atoms with Crippen LogP contribution in [0.1, 0.15) is 36.2 Å². The van der Waals surface area contributed by atoms with Gasteiger partial charge in [0.25, 0.3) is 5.91 Å². The molecule has 0 bridgehead atoms. The number of carbonyl (C=O) groups excluding carboxylic acids is 2. The molecule has 2 aromatic rings. The van der Waals surface area contributed by atoms with Crippen LogP contribution < -0.4 is 9.47 Å². The molecule has 2 amide bonds. The molecule has 1 saturated heterocycles. The van der Waals surface area contributed by atoms with Gasteiger partial charge in [-0.25, -0.2) is 0 Å². The average Bonchev–Trinajstić information content (AvgIpc) is 3.27. The van der Waals surface area contributed by atoms with E-state index in [2.05, 4.69) is 6.08 Å². The highest BCUT2D eigenvalue weighted by Crippen LogP contribution is 2.29. The van der Waals surface area contributed by atoms with Crippen molar-refractivity contribution in [3.8, 4) is 11.5 Å². The molecule has 1 aliphatic rings. The molecule has 32 heavy (non-hydrogen) atoms. The van der Waals surface area contributed by atoms with Gasteiger partial charge in [0.15, 0.2) is 11.5 Å². The Morgan fingerprint density at radius 2 is 1.78 bits per heavy atom. The Bertz CT molecular complexity index is 971. The second kappa shape index (κ2) is 10.8. The van der Waals surface area contributed by atoms with E-state index in [1.54, 1.807) is 39.3 Å². The topological polar surface area (TPSA) is 59.1 Å². The third kappa shape index (κ3) is 5.90. The lowest BCUT2D eigenvalue weighted by Gasteiger charge is -2.27. The number of likely N-dealkylation sites (tertiary alicyclic amines) is 1. The number of benzene rings is 2. The molecule has 6 heteroatoms. The van der Waals surface area contributed by atoms with Crippen LogP contribution in [0.4, 0.5) is 0 Å². The van der Waals surface area contributed by atoms with E-state index in [9.17, 15) is 9.59 Å². The molecule has 0 N–H and O–H groups in total. The number of ether oxygens (including phenoxy) is 2. The summed E-state index contributed by atoms with van der Waals surface area (Å²) >= 11 is 0. The van der Waals surface area contributed by atoms with Gasteiger partial charge in [0.1, 0.15) is 0 Å². The van der Waals surface area contributed by atoms with E-state index in [-0.39, 0.29) is 17.7 Å². The van der Waals surface area contributed by atoms with Crippen molar-refractivity contribution in [3.05, 3.63) is 65.2 Å². The summed E-state index contributed by atoms with van der Waals surface area (Å²) in [6, 6.07) is 15.3. The summed E-state index contributed by atoms with van der Waals surface area (Å²) < 4.78 is 10.7. The monoisotopic (exact) mass is 436 g/mol. The van der Waals surface area contributed by atoms with Gasteiger partial charge in [0.2, 0.25) is 5.91 Å². The molecule has 1 atom stereocenters. The van der Waals surface area contributed by atoms with Crippen LogP contribution in [0.25, 0.3) is 6.08 Å². The molecule has 6 nitrogen and oxygen atoms in total. The third-order valence-electron chi connectivity index (χ3n) is 5.78. The van der Waals surface area contributed by atoms with E-state index >= 15 is 0 Å². The van der Waals surface area contributed by atoms with Crippen molar-refractivity contribution in [1.29, 1.82) is 0 Å². The number of methoxy groups -OCH3 is 2. The van der Waals surface area contributed by atoms with Crippen LogP contribution in [0.2, 0.25) is 0 Å². The van der Waals surface area contributed by atoms with Gasteiger partial charge >= 0.3 is 0 Å². The van der Waals surface area contributed by atoms with E-state index in [1.165, 1.54) is 0 Å².